The SMILES string of the molecule is Cc1ccc(SCCC(=O)N(CCCN(C)C)c2nc3c(C)c(Cl)ccc3s2)cc1.Cl. The van der Waals surface area contributed by atoms with Crippen LogP contribution in [0, 0.1) is 13.8 Å². The van der Waals surface area contributed by atoms with E-state index >= 15 is 0 Å². The molecule has 0 aliphatic rings. The summed E-state index contributed by atoms with van der Waals surface area (Å²) in [7, 11) is 4.10. The molecule has 0 aliphatic carbocycles. The van der Waals surface area contributed by atoms with E-state index in [1.54, 1.807) is 23.1 Å². The van der Waals surface area contributed by atoms with Crippen molar-refractivity contribution in [2.45, 2.75) is 31.6 Å². The van der Waals surface area contributed by atoms with Gasteiger partial charge in [-0.3, -0.25) is 9.69 Å². The van der Waals surface area contributed by atoms with Crippen LogP contribution in [0.3, 0.4) is 0 Å². The van der Waals surface area contributed by atoms with Crippen molar-refractivity contribution in [3.05, 3.63) is 52.5 Å². The zero-order chi connectivity index (χ0) is 21.7. The molecule has 4 nitrogen and oxygen atoms in total. The van der Waals surface area contributed by atoms with E-state index in [0.717, 1.165) is 39.6 Å². The number of hydrogen-bond acceptors (Lipinski definition) is 5. The van der Waals surface area contributed by atoms with Crippen molar-refractivity contribution < 1.29 is 4.79 Å². The molecule has 0 unspecified atom stereocenters. The summed E-state index contributed by atoms with van der Waals surface area (Å²) in [5, 5.41) is 1.47. The van der Waals surface area contributed by atoms with E-state index in [0.29, 0.717) is 18.0 Å². The number of halogens is 2. The molecule has 2 aromatic carbocycles. The molecule has 31 heavy (non-hydrogen) atoms. The van der Waals surface area contributed by atoms with Gasteiger partial charge in [-0.05, 0) is 70.7 Å². The second-order valence-electron chi connectivity index (χ2n) is 7.63. The molecule has 1 amide bonds. The van der Waals surface area contributed by atoms with Gasteiger partial charge in [-0.15, -0.1) is 24.2 Å². The lowest BCUT2D eigenvalue weighted by molar-refractivity contribution is -0.118. The zero-order valence-electron chi connectivity index (χ0n) is 18.4. The van der Waals surface area contributed by atoms with Crippen LogP contribution in [0.1, 0.15) is 24.0 Å². The maximum atomic E-state index is 13.1. The molecule has 0 atom stereocenters. The summed E-state index contributed by atoms with van der Waals surface area (Å²) in [6.07, 6.45) is 1.38. The minimum Gasteiger partial charge on any atom is -0.309 e. The summed E-state index contributed by atoms with van der Waals surface area (Å²) in [6, 6.07) is 12.3. The number of nitrogens with zero attached hydrogens (tertiary/aromatic N) is 3. The summed E-state index contributed by atoms with van der Waals surface area (Å²) in [4.78, 5) is 23.1. The molecule has 0 saturated heterocycles. The van der Waals surface area contributed by atoms with E-state index in [1.807, 2.05) is 38.1 Å². The summed E-state index contributed by atoms with van der Waals surface area (Å²) in [5.74, 6) is 0.873. The highest BCUT2D eigenvalue weighted by Crippen LogP contribution is 2.34. The fourth-order valence-corrected chi connectivity index (χ4v) is 5.16. The first-order valence-electron chi connectivity index (χ1n) is 10.1. The Balaban J connectivity index is 0.00000341. The topological polar surface area (TPSA) is 36.4 Å². The van der Waals surface area contributed by atoms with Crippen LogP contribution in [0.25, 0.3) is 10.2 Å². The predicted molar refractivity (Wildman–Crippen MR) is 139 cm³/mol. The van der Waals surface area contributed by atoms with E-state index in [9.17, 15) is 4.79 Å². The Morgan fingerprint density at radius 3 is 2.48 bits per heavy atom. The van der Waals surface area contributed by atoms with E-state index in [4.69, 9.17) is 16.6 Å². The Morgan fingerprint density at radius 2 is 1.81 bits per heavy atom. The minimum absolute atomic E-state index is 0. The van der Waals surface area contributed by atoms with Gasteiger partial charge in [0, 0.05) is 28.6 Å². The van der Waals surface area contributed by atoms with Gasteiger partial charge < -0.3 is 4.90 Å². The highest BCUT2D eigenvalue weighted by atomic mass is 35.5. The highest BCUT2D eigenvalue weighted by Gasteiger charge is 2.20. The van der Waals surface area contributed by atoms with Crippen molar-refractivity contribution in [2.24, 2.45) is 0 Å². The Bertz CT molecular complexity index is 1010. The number of thioether (sulfide) groups is 1. The van der Waals surface area contributed by atoms with Crippen molar-refractivity contribution in [3.63, 3.8) is 0 Å². The highest BCUT2D eigenvalue weighted by molar-refractivity contribution is 7.99. The summed E-state index contributed by atoms with van der Waals surface area (Å²) >= 11 is 9.55. The number of aryl methyl sites for hydroxylation is 2. The Morgan fingerprint density at radius 1 is 1.10 bits per heavy atom. The van der Waals surface area contributed by atoms with Gasteiger partial charge in [0.1, 0.15) is 0 Å². The predicted octanol–water partition coefficient (Wildman–Crippen LogP) is 6.46. The number of carbonyl (C=O) groups excluding carboxylic acids is 1. The molecular weight excluding hydrogens is 469 g/mol. The average molecular weight is 499 g/mol. The first-order chi connectivity index (χ1) is 14.3. The number of anilines is 1. The molecule has 0 bridgehead atoms. The van der Waals surface area contributed by atoms with Crippen molar-refractivity contribution in [1.29, 1.82) is 0 Å². The van der Waals surface area contributed by atoms with E-state index in [2.05, 4.69) is 36.1 Å². The van der Waals surface area contributed by atoms with E-state index < -0.39 is 0 Å². The average Bonchev–Trinajstić information content (AvgIpc) is 3.14. The second kappa shape index (κ2) is 12.1. The Hall–Kier alpha value is -1.31. The molecule has 3 aromatic rings. The van der Waals surface area contributed by atoms with Crippen LogP contribution in [0.5, 0.6) is 0 Å². The smallest absolute Gasteiger partial charge is 0.229 e. The third kappa shape index (κ3) is 7.09. The summed E-state index contributed by atoms with van der Waals surface area (Å²) in [6.45, 7) is 5.65. The summed E-state index contributed by atoms with van der Waals surface area (Å²) < 4.78 is 1.06. The van der Waals surface area contributed by atoms with Crippen molar-refractivity contribution >= 4 is 68.4 Å². The fraction of sp³-hybridized carbons (Fsp3) is 0.391. The number of rotatable bonds is 9. The molecule has 0 saturated carbocycles. The molecule has 0 fully saturated rings. The quantitative estimate of drug-likeness (QED) is 0.318. The van der Waals surface area contributed by atoms with Crippen LogP contribution < -0.4 is 4.90 Å². The van der Waals surface area contributed by atoms with Crippen LogP contribution >= 0.6 is 47.1 Å². The molecule has 0 radical (unpaired) electrons. The van der Waals surface area contributed by atoms with Gasteiger partial charge in [0.25, 0.3) is 0 Å². The molecule has 0 spiro atoms. The van der Waals surface area contributed by atoms with Crippen molar-refractivity contribution in [1.82, 2.24) is 9.88 Å². The Kier molecular flexibility index (Phi) is 10.1. The lowest BCUT2D eigenvalue weighted by atomic mass is 10.2. The Labute approximate surface area is 204 Å². The van der Waals surface area contributed by atoms with Crippen LogP contribution in [0.4, 0.5) is 5.13 Å². The number of fused-ring (bicyclic) bond motifs is 1. The standard InChI is InChI=1S/C23H28ClN3OS2.ClH/c1-16-6-8-18(9-7-16)29-15-12-21(28)27(14-5-13-26(3)4)23-25-22-17(2)19(24)10-11-20(22)30-23;/h6-11H,5,12-15H2,1-4H3;1H. The second-order valence-corrected chi connectivity index (χ2v) is 10.2. The van der Waals surface area contributed by atoms with Gasteiger partial charge >= 0.3 is 0 Å². The molecule has 0 N–H and O–H groups in total. The number of aromatic nitrogens is 1. The fourth-order valence-electron chi connectivity index (χ4n) is 3.10. The normalized spacial score (nSPS) is 11.0. The third-order valence-electron chi connectivity index (χ3n) is 4.86. The van der Waals surface area contributed by atoms with E-state index in [-0.39, 0.29) is 18.3 Å². The van der Waals surface area contributed by atoms with Gasteiger partial charge in [0.2, 0.25) is 5.91 Å². The minimum atomic E-state index is 0. The number of hydrogen-bond donors (Lipinski definition) is 0. The van der Waals surface area contributed by atoms with Crippen LogP contribution in [-0.4, -0.2) is 48.7 Å². The molecular formula is C23H29Cl2N3OS2. The number of thiazole rings is 1. The largest absolute Gasteiger partial charge is 0.309 e. The van der Waals surface area contributed by atoms with Crippen LogP contribution in [0.15, 0.2) is 41.3 Å². The molecule has 1 aromatic heterocycles. The maximum absolute atomic E-state index is 13.1. The van der Waals surface area contributed by atoms with Gasteiger partial charge in [-0.1, -0.05) is 40.6 Å². The van der Waals surface area contributed by atoms with Gasteiger partial charge in [0.15, 0.2) is 5.13 Å². The van der Waals surface area contributed by atoms with Crippen LogP contribution in [-0.2, 0) is 4.79 Å². The first-order valence-corrected chi connectivity index (χ1v) is 12.2. The number of benzene rings is 2. The zero-order valence-corrected chi connectivity index (χ0v) is 21.6. The molecule has 1 heterocycles. The van der Waals surface area contributed by atoms with Gasteiger partial charge in [-0.25, -0.2) is 4.98 Å². The summed E-state index contributed by atoms with van der Waals surface area (Å²) in [5.41, 5.74) is 3.10. The lowest BCUT2D eigenvalue weighted by Gasteiger charge is -2.21. The number of carbonyl (C=O) groups is 1. The first kappa shape index (κ1) is 25.9. The van der Waals surface area contributed by atoms with Crippen molar-refractivity contribution in [2.75, 3.05) is 37.8 Å². The number of amides is 1. The third-order valence-corrected chi connectivity index (χ3v) is 7.33. The monoisotopic (exact) mass is 497 g/mol. The van der Waals surface area contributed by atoms with Gasteiger partial charge in [0.05, 0.1) is 10.2 Å². The van der Waals surface area contributed by atoms with E-state index in [1.165, 1.54) is 10.5 Å². The molecule has 3 rings (SSSR count). The van der Waals surface area contributed by atoms with Gasteiger partial charge in [-0.2, -0.15) is 0 Å². The lowest BCUT2D eigenvalue weighted by Crippen LogP contribution is -2.33. The molecule has 8 heteroatoms. The molecule has 168 valence electrons. The van der Waals surface area contributed by atoms with Crippen molar-refractivity contribution in [3.8, 4) is 0 Å². The molecule has 0 aliphatic heterocycles. The van der Waals surface area contributed by atoms with Crippen LogP contribution in [0.2, 0.25) is 5.02 Å². The maximum Gasteiger partial charge on any atom is 0.229 e.